The van der Waals surface area contributed by atoms with E-state index in [-0.39, 0.29) is 11.2 Å². The Hall–Kier alpha value is -0.700. The highest BCUT2D eigenvalue weighted by molar-refractivity contribution is 7.80. The van der Waals surface area contributed by atoms with E-state index in [1.54, 1.807) is 6.07 Å². The van der Waals surface area contributed by atoms with Crippen LogP contribution in [-0.4, -0.2) is 12.4 Å². The highest BCUT2D eigenvalue weighted by Crippen LogP contribution is 2.30. The molecule has 0 spiro atoms. The second-order valence-corrected chi connectivity index (χ2v) is 4.88. The Morgan fingerprint density at radius 1 is 1.29 bits per heavy atom. The zero-order chi connectivity index (χ0) is 12.9. The maximum atomic E-state index is 13.1. The lowest BCUT2D eigenvalue weighted by Crippen LogP contribution is -2.29. The summed E-state index contributed by atoms with van der Waals surface area (Å²) in [5.41, 5.74) is 1.05. The summed E-state index contributed by atoms with van der Waals surface area (Å²) < 4.78 is 18.9. The van der Waals surface area contributed by atoms with E-state index in [4.69, 9.17) is 4.74 Å². The van der Waals surface area contributed by atoms with Crippen molar-refractivity contribution in [1.82, 2.24) is 0 Å². The number of thiol groups is 1. The summed E-state index contributed by atoms with van der Waals surface area (Å²) in [6.07, 6.45) is 2.03. The normalized spacial score (nSPS) is 11.6. The van der Waals surface area contributed by atoms with E-state index in [0.717, 1.165) is 24.2 Å². The number of benzene rings is 1. The van der Waals surface area contributed by atoms with Crippen molar-refractivity contribution in [2.45, 2.75) is 33.6 Å². The molecule has 1 aromatic rings. The second kappa shape index (κ2) is 6.29. The van der Waals surface area contributed by atoms with Gasteiger partial charge in [0, 0.05) is 11.5 Å². The van der Waals surface area contributed by atoms with E-state index in [2.05, 4.69) is 26.5 Å². The van der Waals surface area contributed by atoms with Crippen LogP contribution in [-0.2, 0) is 0 Å². The van der Waals surface area contributed by atoms with E-state index in [1.807, 2.05) is 6.92 Å². The van der Waals surface area contributed by atoms with Gasteiger partial charge in [-0.05, 0) is 37.1 Å². The first-order valence-corrected chi connectivity index (χ1v) is 6.70. The van der Waals surface area contributed by atoms with Crippen molar-refractivity contribution in [3.63, 3.8) is 0 Å². The van der Waals surface area contributed by atoms with Gasteiger partial charge < -0.3 is 4.74 Å². The van der Waals surface area contributed by atoms with Crippen LogP contribution in [0, 0.1) is 18.2 Å². The zero-order valence-corrected chi connectivity index (χ0v) is 11.7. The molecular weight excluding hydrogens is 235 g/mol. The molecule has 1 aromatic carbocycles. The predicted molar refractivity (Wildman–Crippen MR) is 73.5 cm³/mol. The van der Waals surface area contributed by atoms with Gasteiger partial charge in [0.1, 0.15) is 11.6 Å². The molecule has 0 aliphatic heterocycles. The van der Waals surface area contributed by atoms with Crippen molar-refractivity contribution in [2.75, 3.05) is 12.4 Å². The Kier molecular flexibility index (Phi) is 5.31. The first-order valence-electron chi connectivity index (χ1n) is 6.06. The van der Waals surface area contributed by atoms with E-state index in [1.165, 1.54) is 12.1 Å². The van der Waals surface area contributed by atoms with Gasteiger partial charge in [0.2, 0.25) is 0 Å². The summed E-state index contributed by atoms with van der Waals surface area (Å²) in [6.45, 7) is 6.80. The van der Waals surface area contributed by atoms with Crippen molar-refractivity contribution < 1.29 is 9.13 Å². The van der Waals surface area contributed by atoms with Crippen molar-refractivity contribution in [3.8, 4) is 5.75 Å². The molecule has 0 radical (unpaired) electrons. The summed E-state index contributed by atoms with van der Waals surface area (Å²) in [5, 5.41) is 0. The molecule has 1 nitrogen and oxygen atoms in total. The summed E-state index contributed by atoms with van der Waals surface area (Å²) in [4.78, 5) is 0. The SMILES string of the molecule is CCC(CC)(CS)COc1cc(F)ccc1C. The average Bonchev–Trinajstić information content (AvgIpc) is 2.35. The Balaban J connectivity index is 2.75. The number of hydrogen-bond donors (Lipinski definition) is 1. The van der Waals surface area contributed by atoms with E-state index in [0.29, 0.717) is 12.4 Å². The second-order valence-electron chi connectivity index (χ2n) is 4.56. The van der Waals surface area contributed by atoms with Crippen LogP contribution in [0.1, 0.15) is 32.3 Å². The van der Waals surface area contributed by atoms with Crippen LogP contribution in [0.5, 0.6) is 5.75 Å². The third kappa shape index (κ3) is 3.63. The molecule has 0 unspecified atom stereocenters. The Morgan fingerprint density at radius 3 is 2.47 bits per heavy atom. The predicted octanol–water partition coefficient (Wildman–Crippen LogP) is 4.25. The molecule has 96 valence electrons. The Labute approximate surface area is 109 Å². The molecule has 0 aliphatic carbocycles. The van der Waals surface area contributed by atoms with Gasteiger partial charge in [-0.1, -0.05) is 19.9 Å². The van der Waals surface area contributed by atoms with Crippen LogP contribution < -0.4 is 4.74 Å². The third-order valence-corrected chi connectivity index (χ3v) is 4.19. The number of hydrogen-bond acceptors (Lipinski definition) is 2. The molecule has 0 aliphatic rings. The highest BCUT2D eigenvalue weighted by atomic mass is 32.1. The van der Waals surface area contributed by atoms with Crippen molar-refractivity contribution in [1.29, 1.82) is 0 Å². The van der Waals surface area contributed by atoms with Crippen molar-refractivity contribution in [2.24, 2.45) is 5.41 Å². The molecule has 0 aromatic heterocycles. The average molecular weight is 256 g/mol. The van der Waals surface area contributed by atoms with Gasteiger partial charge in [-0.15, -0.1) is 0 Å². The summed E-state index contributed by atoms with van der Waals surface area (Å²) in [6, 6.07) is 4.64. The number of ether oxygens (including phenoxy) is 1. The van der Waals surface area contributed by atoms with E-state index < -0.39 is 0 Å². The van der Waals surface area contributed by atoms with Gasteiger partial charge in [0.15, 0.2) is 0 Å². The lowest BCUT2D eigenvalue weighted by molar-refractivity contribution is 0.156. The quantitative estimate of drug-likeness (QED) is 0.749. The number of aryl methyl sites for hydroxylation is 1. The molecule has 1 rings (SSSR count). The van der Waals surface area contributed by atoms with Crippen LogP contribution >= 0.6 is 12.6 Å². The standard InChI is InChI=1S/C14H21FOS/c1-4-14(5-2,10-17)9-16-13-8-12(15)7-6-11(13)3/h6-8,17H,4-5,9-10H2,1-3H3. The van der Waals surface area contributed by atoms with Gasteiger partial charge in [0.25, 0.3) is 0 Å². The minimum Gasteiger partial charge on any atom is -0.493 e. The Morgan fingerprint density at radius 2 is 1.94 bits per heavy atom. The van der Waals surface area contributed by atoms with Gasteiger partial charge in [-0.3, -0.25) is 0 Å². The fraction of sp³-hybridized carbons (Fsp3) is 0.571. The minimum absolute atomic E-state index is 0.0852. The first-order chi connectivity index (χ1) is 8.06. The largest absolute Gasteiger partial charge is 0.493 e. The molecule has 17 heavy (non-hydrogen) atoms. The molecule has 0 fully saturated rings. The van der Waals surface area contributed by atoms with Gasteiger partial charge in [0.05, 0.1) is 6.61 Å². The van der Waals surface area contributed by atoms with Gasteiger partial charge in [-0.2, -0.15) is 12.6 Å². The van der Waals surface area contributed by atoms with Crippen LogP contribution in [0.4, 0.5) is 4.39 Å². The maximum absolute atomic E-state index is 13.1. The van der Waals surface area contributed by atoms with Crippen LogP contribution in [0.3, 0.4) is 0 Å². The minimum atomic E-state index is -0.255. The van der Waals surface area contributed by atoms with E-state index >= 15 is 0 Å². The molecule has 0 saturated carbocycles. The summed E-state index contributed by atoms with van der Waals surface area (Å²) in [5.74, 6) is 1.17. The van der Waals surface area contributed by atoms with Crippen molar-refractivity contribution >= 4 is 12.6 Å². The summed E-state index contributed by atoms with van der Waals surface area (Å²) >= 11 is 4.40. The highest BCUT2D eigenvalue weighted by Gasteiger charge is 2.25. The molecule has 0 bridgehead atoms. The molecule has 3 heteroatoms. The smallest absolute Gasteiger partial charge is 0.126 e. The number of halogens is 1. The van der Waals surface area contributed by atoms with Crippen LogP contribution in [0.25, 0.3) is 0 Å². The van der Waals surface area contributed by atoms with Gasteiger partial charge in [-0.25, -0.2) is 4.39 Å². The van der Waals surface area contributed by atoms with Crippen LogP contribution in [0.15, 0.2) is 18.2 Å². The molecular formula is C14H21FOS. The molecule has 0 amide bonds. The lowest BCUT2D eigenvalue weighted by Gasteiger charge is -2.29. The maximum Gasteiger partial charge on any atom is 0.126 e. The van der Waals surface area contributed by atoms with Crippen molar-refractivity contribution in [3.05, 3.63) is 29.6 Å². The fourth-order valence-corrected chi connectivity index (χ4v) is 2.22. The molecule has 0 atom stereocenters. The fourth-order valence-electron chi connectivity index (χ4n) is 1.68. The molecule has 0 saturated heterocycles. The van der Waals surface area contributed by atoms with E-state index in [9.17, 15) is 4.39 Å². The third-order valence-electron chi connectivity index (χ3n) is 3.52. The van der Waals surface area contributed by atoms with Crippen LogP contribution in [0.2, 0.25) is 0 Å². The lowest BCUT2D eigenvalue weighted by atomic mass is 9.85. The zero-order valence-electron chi connectivity index (χ0n) is 10.8. The number of rotatable bonds is 6. The Bertz CT molecular complexity index is 353. The van der Waals surface area contributed by atoms with Gasteiger partial charge >= 0.3 is 0 Å². The molecule has 0 N–H and O–H groups in total. The monoisotopic (exact) mass is 256 g/mol. The summed E-state index contributed by atoms with van der Waals surface area (Å²) in [7, 11) is 0. The topological polar surface area (TPSA) is 9.23 Å². The first kappa shape index (κ1) is 14.4. The molecule has 0 heterocycles.